The smallest absolute Gasteiger partial charge is 0.248 e. The average molecular weight is 407 g/mol. The highest BCUT2D eigenvalue weighted by Crippen LogP contribution is 2.27. The van der Waals surface area contributed by atoms with Gasteiger partial charge in [0.05, 0.1) is 10.7 Å². The van der Waals surface area contributed by atoms with E-state index in [2.05, 4.69) is 30.2 Å². The first-order chi connectivity index (χ1) is 13.9. The number of aryl methyl sites for hydroxylation is 2. The molecule has 0 aliphatic carbocycles. The number of amides is 1. The highest BCUT2D eigenvalue weighted by atomic mass is 32.1. The number of aromatic nitrogens is 1. The van der Waals surface area contributed by atoms with Gasteiger partial charge in [0.25, 0.3) is 0 Å². The van der Waals surface area contributed by atoms with Gasteiger partial charge in [0.2, 0.25) is 5.91 Å². The van der Waals surface area contributed by atoms with Gasteiger partial charge in [0.15, 0.2) is 0 Å². The van der Waals surface area contributed by atoms with E-state index < -0.39 is 0 Å². The molecule has 150 valence electrons. The minimum atomic E-state index is -0.161. The third-order valence-electron chi connectivity index (χ3n) is 4.55. The zero-order chi connectivity index (χ0) is 20.8. The lowest BCUT2D eigenvalue weighted by atomic mass is 9.98. The summed E-state index contributed by atoms with van der Waals surface area (Å²) in [6, 6.07) is 13.8. The number of hydrogen-bond donors (Lipinski definition) is 1. The number of rotatable bonds is 7. The van der Waals surface area contributed by atoms with Gasteiger partial charge in [-0.2, -0.15) is 0 Å². The maximum absolute atomic E-state index is 12.6. The molecule has 1 aromatic heterocycles. The van der Waals surface area contributed by atoms with E-state index in [4.69, 9.17) is 4.74 Å². The van der Waals surface area contributed by atoms with Crippen molar-refractivity contribution in [2.45, 2.75) is 40.2 Å². The molecular formula is C24H26N2O2S. The maximum Gasteiger partial charge on any atom is 0.248 e. The van der Waals surface area contributed by atoms with E-state index in [1.54, 1.807) is 23.5 Å². The number of thiazole rings is 1. The second-order valence-electron chi connectivity index (χ2n) is 7.20. The van der Waals surface area contributed by atoms with Gasteiger partial charge >= 0.3 is 0 Å². The number of nitrogens with one attached hydrogen (secondary N) is 1. The van der Waals surface area contributed by atoms with Crippen LogP contribution in [-0.2, 0) is 11.4 Å². The van der Waals surface area contributed by atoms with Gasteiger partial charge in [-0.15, -0.1) is 11.3 Å². The summed E-state index contributed by atoms with van der Waals surface area (Å²) in [5.74, 6) is 0.893. The van der Waals surface area contributed by atoms with Crippen LogP contribution in [0.2, 0.25) is 0 Å². The van der Waals surface area contributed by atoms with Gasteiger partial charge in [-0.1, -0.05) is 50.2 Å². The van der Waals surface area contributed by atoms with Crippen molar-refractivity contribution in [1.82, 2.24) is 4.98 Å². The van der Waals surface area contributed by atoms with Crippen molar-refractivity contribution in [3.63, 3.8) is 0 Å². The predicted octanol–water partition coefficient (Wildman–Crippen LogP) is 6.11. The van der Waals surface area contributed by atoms with E-state index in [1.807, 2.05) is 55.6 Å². The predicted molar refractivity (Wildman–Crippen MR) is 121 cm³/mol. The van der Waals surface area contributed by atoms with Gasteiger partial charge < -0.3 is 10.1 Å². The Bertz CT molecular complexity index is 1020. The molecule has 5 heteroatoms. The van der Waals surface area contributed by atoms with Crippen molar-refractivity contribution in [2.24, 2.45) is 0 Å². The van der Waals surface area contributed by atoms with Crippen LogP contribution in [0.15, 0.2) is 53.9 Å². The van der Waals surface area contributed by atoms with E-state index in [0.717, 1.165) is 38.8 Å². The van der Waals surface area contributed by atoms with Crippen LogP contribution in [0.1, 0.15) is 47.2 Å². The molecular weight excluding hydrogens is 380 g/mol. The molecule has 1 heterocycles. The first-order valence-corrected chi connectivity index (χ1v) is 10.5. The van der Waals surface area contributed by atoms with E-state index in [9.17, 15) is 4.79 Å². The second-order valence-corrected chi connectivity index (χ2v) is 8.26. The fraction of sp³-hybridized carbons (Fsp3) is 0.250. The number of carbonyl (C=O) groups excluding carboxylic acids is 1. The van der Waals surface area contributed by atoms with Crippen LogP contribution in [0.4, 0.5) is 5.69 Å². The molecule has 0 fully saturated rings. The number of ether oxygens (including phenoxy) is 1. The number of hydrogen-bond acceptors (Lipinski definition) is 4. The van der Waals surface area contributed by atoms with Crippen LogP contribution in [0.3, 0.4) is 0 Å². The zero-order valence-corrected chi connectivity index (χ0v) is 18.0. The highest BCUT2D eigenvalue weighted by Gasteiger charge is 2.11. The van der Waals surface area contributed by atoms with Crippen LogP contribution in [0, 0.1) is 13.8 Å². The molecule has 3 aromatic rings. The molecule has 0 unspecified atom stereocenters. The van der Waals surface area contributed by atoms with Crippen LogP contribution >= 0.6 is 11.3 Å². The molecule has 2 aromatic carbocycles. The third-order valence-corrected chi connectivity index (χ3v) is 5.37. The molecule has 0 spiro atoms. The molecule has 0 saturated carbocycles. The van der Waals surface area contributed by atoms with Crippen molar-refractivity contribution in [3.8, 4) is 5.75 Å². The van der Waals surface area contributed by atoms with Gasteiger partial charge in [-0.3, -0.25) is 4.79 Å². The summed E-state index contributed by atoms with van der Waals surface area (Å²) in [5.41, 5.74) is 4.84. The molecule has 0 aliphatic heterocycles. The minimum Gasteiger partial charge on any atom is -0.487 e. The van der Waals surface area contributed by atoms with Crippen molar-refractivity contribution < 1.29 is 9.53 Å². The monoisotopic (exact) mass is 406 g/mol. The number of para-hydroxylation sites is 2. The Kier molecular flexibility index (Phi) is 6.83. The van der Waals surface area contributed by atoms with Gasteiger partial charge in [-0.05, 0) is 43.0 Å². The van der Waals surface area contributed by atoms with Crippen LogP contribution in [-0.4, -0.2) is 10.9 Å². The van der Waals surface area contributed by atoms with Crippen molar-refractivity contribution in [3.05, 3.63) is 81.3 Å². The van der Waals surface area contributed by atoms with Gasteiger partial charge in [-0.25, -0.2) is 4.98 Å². The van der Waals surface area contributed by atoms with Crippen molar-refractivity contribution >= 4 is 29.0 Å². The summed E-state index contributed by atoms with van der Waals surface area (Å²) in [6.07, 6.45) is 3.33. The van der Waals surface area contributed by atoms with E-state index in [-0.39, 0.29) is 5.91 Å². The van der Waals surface area contributed by atoms with E-state index in [1.165, 1.54) is 0 Å². The SMILES string of the molecule is Cc1nc(COc2ccccc2/C=C/C(=O)Nc2c(C)cccc2C(C)C)cs1. The topological polar surface area (TPSA) is 51.2 Å². The molecule has 0 bridgehead atoms. The molecule has 29 heavy (non-hydrogen) atoms. The number of benzene rings is 2. The number of carbonyl (C=O) groups is 1. The second kappa shape index (κ2) is 9.52. The lowest BCUT2D eigenvalue weighted by Gasteiger charge is -2.15. The summed E-state index contributed by atoms with van der Waals surface area (Å²) in [6.45, 7) is 8.63. The quantitative estimate of drug-likeness (QED) is 0.481. The lowest BCUT2D eigenvalue weighted by Crippen LogP contribution is -2.11. The summed E-state index contributed by atoms with van der Waals surface area (Å²) in [5, 5.41) is 6.05. The van der Waals surface area contributed by atoms with Crippen LogP contribution < -0.4 is 10.1 Å². The first kappa shape index (κ1) is 20.8. The normalized spacial score (nSPS) is 11.2. The summed E-state index contributed by atoms with van der Waals surface area (Å²) in [7, 11) is 0. The van der Waals surface area contributed by atoms with Crippen LogP contribution in [0.5, 0.6) is 5.75 Å². The Balaban J connectivity index is 1.71. The Labute approximate surface area is 176 Å². The Hall–Kier alpha value is -2.92. The standard InChI is InChI=1S/C24H26N2O2S/c1-16(2)21-10-7-8-17(3)24(21)26-23(27)13-12-19-9-5-6-11-22(19)28-14-20-15-29-18(4)25-20/h5-13,15-16H,14H2,1-4H3,(H,26,27)/b13-12+. The van der Waals surface area contributed by atoms with E-state index in [0.29, 0.717) is 12.5 Å². The van der Waals surface area contributed by atoms with Crippen molar-refractivity contribution in [1.29, 1.82) is 0 Å². The maximum atomic E-state index is 12.6. The Morgan fingerprint density at radius 2 is 1.97 bits per heavy atom. The van der Waals surface area contributed by atoms with Gasteiger partial charge in [0.1, 0.15) is 12.4 Å². The molecule has 0 aliphatic rings. The Morgan fingerprint density at radius 1 is 1.17 bits per heavy atom. The van der Waals surface area contributed by atoms with Crippen LogP contribution in [0.25, 0.3) is 6.08 Å². The molecule has 1 N–H and O–H groups in total. The summed E-state index contributed by atoms with van der Waals surface area (Å²) in [4.78, 5) is 17.0. The average Bonchev–Trinajstić information content (AvgIpc) is 3.12. The first-order valence-electron chi connectivity index (χ1n) is 9.65. The fourth-order valence-electron chi connectivity index (χ4n) is 3.05. The molecule has 0 saturated heterocycles. The number of anilines is 1. The fourth-order valence-corrected chi connectivity index (χ4v) is 3.65. The largest absolute Gasteiger partial charge is 0.487 e. The lowest BCUT2D eigenvalue weighted by molar-refractivity contribution is -0.111. The molecule has 0 radical (unpaired) electrons. The van der Waals surface area contributed by atoms with E-state index >= 15 is 0 Å². The molecule has 4 nitrogen and oxygen atoms in total. The van der Waals surface area contributed by atoms with Gasteiger partial charge in [0, 0.05) is 22.7 Å². The molecule has 1 amide bonds. The van der Waals surface area contributed by atoms with Crippen molar-refractivity contribution in [2.75, 3.05) is 5.32 Å². The number of nitrogens with zero attached hydrogens (tertiary/aromatic N) is 1. The Morgan fingerprint density at radius 3 is 2.69 bits per heavy atom. The summed E-state index contributed by atoms with van der Waals surface area (Å²) < 4.78 is 5.92. The highest BCUT2D eigenvalue weighted by molar-refractivity contribution is 7.09. The third kappa shape index (κ3) is 5.55. The zero-order valence-electron chi connectivity index (χ0n) is 17.2. The minimum absolute atomic E-state index is 0.161. The summed E-state index contributed by atoms with van der Waals surface area (Å²) >= 11 is 1.60. The molecule has 3 rings (SSSR count). The molecule has 0 atom stereocenters.